The van der Waals surface area contributed by atoms with Crippen molar-refractivity contribution in [3.63, 3.8) is 0 Å². The average molecular weight is 340 g/mol. The van der Waals surface area contributed by atoms with Crippen molar-refractivity contribution in [2.24, 2.45) is 0 Å². The molecule has 0 spiro atoms. The van der Waals surface area contributed by atoms with E-state index in [4.69, 9.17) is 9.47 Å². The predicted octanol–water partition coefficient (Wildman–Crippen LogP) is 3.52. The quantitative estimate of drug-likeness (QED) is 0.811. The maximum atomic E-state index is 11.8. The van der Waals surface area contributed by atoms with Crippen LogP contribution >= 0.6 is 0 Å². The molecule has 2 aromatic rings. The van der Waals surface area contributed by atoms with Gasteiger partial charge in [-0.3, -0.25) is 0 Å². The molecular weight excluding hydrogens is 316 g/mol. The summed E-state index contributed by atoms with van der Waals surface area (Å²) in [6, 6.07) is 13.6. The zero-order chi connectivity index (χ0) is 18.1. The van der Waals surface area contributed by atoms with Gasteiger partial charge in [0.15, 0.2) is 11.5 Å². The predicted molar refractivity (Wildman–Crippen MR) is 100.0 cm³/mol. The Kier molecular flexibility index (Phi) is 6.89. The van der Waals surface area contributed by atoms with Crippen molar-refractivity contribution in [2.45, 2.75) is 13.3 Å². The van der Waals surface area contributed by atoms with Crippen LogP contribution in [0.15, 0.2) is 48.7 Å². The maximum absolute atomic E-state index is 11.8. The lowest BCUT2D eigenvalue weighted by Gasteiger charge is -2.10. The molecule has 0 aromatic heterocycles. The lowest BCUT2D eigenvalue weighted by atomic mass is 10.1. The molecule has 0 bridgehead atoms. The van der Waals surface area contributed by atoms with Crippen LogP contribution in [0.3, 0.4) is 0 Å². The van der Waals surface area contributed by atoms with Crippen LogP contribution in [0.1, 0.15) is 16.7 Å². The lowest BCUT2D eigenvalue weighted by Crippen LogP contribution is -2.33. The Labute approximate surface area is 148 Å². The Hall–Kier alpha value is -2.95. The van der Waals surface area contributed by atoms with Crippen molar-refractivity contribution < 1.29 is 14.3 Å². The number of carbonyl (C=O) groups is 1. The van der Waals surface area contributed by atoms with Crippen molar-refractivity contribution in [3.8, 4) is 11.5 Å². The number of nitrogens with one attached hydrogen (secondary N) is 2. The summed E-state index contributed by atoms with van der Waals surface area (Å²) in [4.78, 5) is 11.8. The van der Waals surface area contributed by atoms with E-state index in [-0.39, 0.29) is 6.03 Å². The highest BCUT2D eigenvalue weighted by Crippen LogP contribution is 2.27. The molecule has 2 aromatic carbocycles. The Morgan fingerprint density at radius 1 is 1.04 bits per heavy atom. The largest absolute Gasteiger partial charge is 0.493 e. The van der Waals surface area contributed by atoms with Crippen LogP contribution in [0.5, 0.6) is 11.5 Å². The first-order valence-electron chi connectivity index (χ1n) is 8.11. The van der Waals surface area contributed by atoms with Gasteiger partial charge in [-0.25, -0.2) is 4.79 Å². The molecule has 0 aliphatic heterocycles. The minimum absolute atomic E-state index is 0.233. The van der Waals surface area contributed by atoms with E-state index >= 15 is 0 Å². The van der Waals surface area contributed by atoms with Crippen LogP contribution in [-0.2, 0) is 6.42 Å². The van der Waals surface area contributed by atoms with Crippen LogP contribution in [0.4, 0.5) is 4.79 Å². The summed E-state index contributed by atoms with van der Waals surface area (Å²) in [7, 11) is 3.21. The van der Waals surface area contributed by atoms with Gasteiger partial charge in [0.1, 0.15) is 0 Å². The number of urea groups is 1. The van der Waals surface area contributed by atoms with Gasteiger partial charge < -0.3 is 20.1 Å². The molecule has 0 atom stereocenters. The normalized spacial score (nSPS) is 10.5. The number of methoxy groups -OCH3 is 2. The van der Waals surface area contributed by atoms with Crippen LogP contribution < -0.4 is 20.1 Å². The molecule has 2 N–H and O–H groups in total. The third-order valence-electron chi connectivity index (χ3n) is 3.71. The van der Waals surface area contributed by atoms with Gasteiger partial charge in [0.05, 0.1) is 14.2 Å². The molecule has 0 unspecified atom stereocenters. The number of ether oxygens (including phenoxy) is 2. The molecule has 2 amide bonds. The minimum Gasteiger partial charge on any atom is -0.493 e. The summed E-state index contributed by atoms with van der Waals surface area (Å²) >= 11 is 0. The molecule has 0 saturated carbocycles. The van der Waals surface area contributed by atoms with E-state index in [1.54, 1.807) is 20.4 Å². The summed E-state index contributed by atoms with van der Waals surface area (Å²) in [5, 5.41) is 5.52. The fraction of sp³-hybridized carbons (Fsp3) is 0.250. The van der Waals surface area contributed by atoms with E-state index in [0.717, 1.165) is 11.1 Å². The van der Waals surface area contributed by atoms with E-state index in [2.05, 4.69) is 10.6 Å². The molecule has 132 valence electrons. The van der Waals surface area contributed by atoms with Crippen molar-refractivity contribution in [1.29, 1.82) is 0 Å². The minimum atomic E-state index is -0.233. The fourth-order valence-electron chi connectivity index (χ4n) is 2.30. The second-order valence-electron chi connectivity index (χ2n) is 5.58. The van der Waals surface area contributed by atoms with Gasteiger partial charge in [-0.15, -0.1) is 0 Å². The Balaban J connectivity index is 1.76. The van der Waals surface area contributed by atoms with E-state index in [1.807, 2.05) is 55.5 Å². The standard InChI is InChI=1S/C20H24N2O3/c1-15-4-6-16(7-5-15)10-12-21-20(23)22-13-11-17-8-9-18(24-2)19(14-17)25-3/h4-10,12,14H,11,13H2,1-3H3,(H2,21,22,23)/b12-10+. The second-order valence-corrected chi connectivity index (χ2v) is 5.58. The molecular formula is C20H24N2O3. The smallest absolute Gasteiger partial charge is 0.318 e. The van der Waals surface area contributed by atoms with Crippen molar-refractivity contribution >= 4 is 12.1 Å². The zero-order valence-electron chi connectivity index (χ0n) is 14.8. The van der Waals surface area contributed by atoms with E-state index in [1.165, 1.54) is 5.56 Å². The van der Waals surface area contributed by atoms with Crippen LogP contribution in [0, 0.1) is 6.92 Å². The Bertz CT molecular complexity index is 724. The SMILES string of the molecule is COc1ccc(CCNC(=O)N/C=C/c2ccc(C)cc2)cc1OC. The molecule has 5 nitrogen and oxygen atoms in total. The highest BCUT2D eigenvalue weighted by atomic mass is 16.5. The second kappa shape index (κ2) is 9.37. The Morgan fingerprint density at radius 3 is 2.44 bits per heavy atom. The Morgan fingerprint density at radius 2 is 1.76 bits per heavy atom. The molecule has 0 fully saturated rings. The van der Waals surface area contributed by atoms with Gasteiger partial charge in [-0.1, -0.05) is 35.9 Å². The van der Waals surface area contributed by atoms with Gasteiger partial charge in [0.25, 0.3) is 0 Å². The molecule has 5 heteroatoms. The van der Waals surface area contributed by atoms with Gasteiger partial charge in [0, 0.05) is 12.7 Å². The van der Waals surface area contributed by atoms with Crippen molar-refractivity contribution in [3.05, 3.63) is 65.4 Å². The molecule has 0 aliphatic carbocycles. The van der Waals surface area contributed by atoms with Gasteiger partial charge in [-0.05, 0) is 42.7 Å². The first kappa shape index (κ1) is 18.4. The molecule has 2 rings (SSSR count). The van der Waals surface area contributed by atoms with Gasteiger partial charge >= 0.3 is 6.03 Å². The highest BCUT2D eigenvalue weighted by molar-refractivity contribution is 5.75. The average Bonchev–Trinajstić information content (AvgIpc) is 2.63. The van der Waals surface area contributed by atoms with E-state index in [0.29, 0.717) is 24.5 Å². The topological polar surface area (TPSA) is 59.6 Å². The summed E-state index contributed by atoms with van der Waals surface area (Å²) in [5.74, 6) is 1.38. The molecule has 0 aliphatic rings. The monoisotopic (exact) mass is 340 g/mol. The third-order valence-corrected chi connectivity index (χ3v) is 3.71. The summed E-state index contributed by atoms with van der Waals surface area (Å²) in [6.07, 6.45) is 4.19. The number of benzene rings is 2. The van der Waals surface area contributed by atoms with Crippen molar-refractivity contribution in [1.82, 2.24) is 10.6 Å². The first-order chi connectivity index (χ1) is 12.1. The number of carbonyl (C=O) groups excluding carboxylic acids is 1. The number of rotatable bonds is 7. The lowest BCUT2D eigenvalue weighted by molar-refractivity contribution is 0.244. The van der Waals surface area contributed by atoms with Gasteiger partial charge in [-0.2, -0.15) is 0 Å². The molecule has 0 radical (unpaired) electrons. The fourth-order valence-corrected chi connectivity index (χ4v) is 2.30. The van der Waals surface area contributed by atoms with E-state index in [9.17, 15) is 4.79 Å². The summed E-state index contributed by atoms with van der Waals surface area (Å²) in [6.45, 7) is 2.57. The van der Waals surface area contributed by atoms with Crippen molar-refractivity contribution in [2.75, 3.05) is 20.8 Å². The number of hydrogen-bond acceptors (Lipinski definition) is 3. The van der Waals surface area contributed by atoms with E-state index < -0.39 is 0 Å². The third kappa shape index (κ3) is 5.88. The maximum Gasteiger partial charge on any atom is 0.318 e. The highest BCUT2D eigenvalue weighted by Gasteiger charge is 2.05. The molecule has 0 saturated heterocycles. The molecule has 25 heavy (non-hydrogen) atoms. The summed E-state index contributed by atoms with van der Waals surface area (Å²) in [5.41, 5.74) is 3.31. The first-order valence-corrected chi connectivity index (χ1v) is 8.11. The summed E-state index contributed by atoms with van der Waals surface area (Å²) < 4.78 is 10.5. The van der Waals surface area contributed by atoms with Crippen LogP contribution in [0.2, 0.25) is 0 Å². The zero-order valence-corrected chi connectivity index (χ0v) is 14.8. The van der Waals surface area contributed by atoms with Crippen LogP contribution in [-0.4, -0.2) is 26.8 Å². The number of hydrogen-bond donors (Lipinski definition) is 2. The number of aryl methyl sites for hydroxylation is 1. The molecule has 0 heterocycles. The van der Waals surface area contributed by atoms with Crippen LogP contribution in [0.25, 0.3) is 6.08 Å². The van der Waals surface area contributed by atoms with Gasteiger partial charge in [0.2, 0.25) is 0 Å². The number of amides is 2.